The molecule has 3 atom stereocenters. The molecule has 4 aliphatic rings. The van der Waals surface area contributed by atoms with Gasteiger partial charge in [-0.05, 0) is 61.8 Å². The number of anilines is 1. The Labute approximate surface area is 193 Å². The van der Waals surface area contributed by atoms with Gasteiger partial charge < -0.3 is 9.84 Å². The number of imide groups is 1. The summed E-state index contributed by atoms with van der Waals surface area (Å²) in [5.41, 5.74) is 3.87. The first-order valence-electron chi connectivity index (χ1n) is 11.4. The van der Waals surface area contributed by atoms with E-state index in [1.807, 2.05) is 30.3 Å². The molecule has 2 aliphatic carbocycles. The van der Waals surface area contributed by atoms with E-state index in [4.69, 9.17) is 4.74 Å². The number of benzene rings is 1. The predicted octanol–water partition coefficient (Wildman–Crippen LogP) is 4.62. The third-order valence-electron chi connectivity index (χ3n) is 7.46. The average molecular weight is 449 g/mol. The Kier molecular flexibility index (Phi) is 4.96. The minimum atomic E-state index is -1.23. The molecular weight excluding hydrogens is 420 g/mol. The van der Waals surface area contributed by atoms with E-state index >= 15 is 0 Å². The number of hydrogen-bond acceptors (Lipinski definition) is 4. The topological polar surface area (TPSA) is 87.2 Å². The SMILES string of the molecule is CC1=CC(O/C=C2/C(=O)N(C(=O)O)C3C4=C(CCCC4(C)C)CC23)N(c2ccccc2)C1=O. The van der Waals surface area contributed by atoms with E-state index in [0.717, 1.165) is 29.7 Å². The Morgan fingerprint density at radius 3 is 2.61 bits per heavy atom. The monoisotopic (exact) mass is 448 g/mol. The number of ether oxygens (including phenoxy) is 1. The fourth-order valence-corrected chi connectivity index (χ4v) is 6.01. The van der Waals surface area contributed by atoms with E-state index in [0.29, 0.717) is 23.3 Å². The van der Waals surface area contributed by atoms with Crippen LogP contribution >= 0.6 is 0 Å². The highest BCUT2D eigenvalue weighted by Gasteiger charge is 2.56. The summed E-state index contributed by atoms with van der Waals surface area (Å²) < 4.78 is 6.01. The van der Waals surface area contributed by atoms with Gasteiger partial charge in [0.15, 0.2) is 6.23 Å². The minimum absolute atomic E-state index is 0.140. The number of nitrogens with zero attached hydrogens (tertiary/aromatic N) is 2. The second-order valence-corrected chi connectivity index (χ2v) is 9.93. The number of likely N-dealkylation sites (tertiary alicyclic amines) is 1. The maximum atomic E-state index is 13.2. The molecule has 3 amide bonds. The number of allylic oxidation sites excluding steroid dienone is 1. The summed E-state index contributed by atoms with van der Waals surface area (Å²) >= 11 is 0. The van der Waals surface area contributed by atoms with Gasteiger partial charge in [-0.25, -0.2) is 9.69 Å². The number of rotatable bonds is 3. The van der Waals surface area contributed by atoms with Gasteiger partial charge in [0.25, 0.3) is 11.8 Å². The summed E-state index contributed by atoms with van der Waals surface area (Å²) in [5.74, 6) is -0.933. The lowest BCUT2D eigenvalue weighted by Crippen LogP contribution is -2.42. The molecule has 5 rings (SSSR count). The van der Waals surface area contributed by atoms with Crippen LogP contribution in [0.3, 0.4) is 0 Å². The van der Waals surface area contributed by atoms with Crippen molar-refractivity contribution in [2.75, 3.05) is 4.90 Å². The van der Waals surface area contributed by atoms with Crippen LogP contribution in [-0.4, -0.2) is 40.2 Å². The molecular formula is C26H28N2O5. The minimum Gasteiger partial charge on any atom is -0.474 e. The van der Waals surface area contributed by atoms with E-state index < -0.39 is 24.3 Å². The third-order valence-corrected chi connectivity index (χ3v) is 7.46. The molecule has 1 aromatic rings. The Morgan fingerprint density at radius 2 is 1.91 bits per heavy atom. The molecule has 7 heteroatoms. The van der Waals surface area contributed by atoms with Crippen molar-refractivity contribution in [3.05, 3.63) is 65.0 Å². The van der Waals surface area contributed by atoms with Crippen molar-refractivity contribution < 1.29 is 24.2 Å². The zero-order valence-corrected chi connectivity index (χ0v) is 19.1. The quantitative estimate of drug-likeness (QED) is 0.414. The van der Waals surface area contributed by atoms with Crippen molar-refractivity contribution in [1.82, 2.24) is 4.90 Å². The fourth-order valence-electron chi connectivity index (χ4n) is 6.01. The zero-order valence-electron chi connectivity index (χ0n) is 19.1. The van der Waals surface area contributed by atoms with E-state index in [1.54, 1.807) is 17.9 Å². The Morgan fingerprint density at radius 1 is 1.18 bits per heavy atom. The van der Waals surface area contributed by atoms with Gasteiger partial charge in [-0.1, -0.05) is 37.6 Å². The third kappa shape index (κ3) is 3.29. The van der Waals surface area contributed by atoms with Crippen LogP contribution in [0, 0.1) is 11.3 Å². The highest BCUT2D eigenvalue weighted by molar-refractivity contribution is 6.08. The van der Waals surface area contributed by atoms with Gasteiger partial charge in [0.1, 0.15) is 0 Å². The molecule has 33 heavy (non-hydrogen) atoms. The fraction of sp³-hybridized carbons (Fsp3) is 0.423. The van der Waals surface area contributed by atoms with E-state index in [1.165, 1.54) is 11.8 Å². The first-order chi connectivity index (χ1) is 15.7. The van der Waals surface area contributed by atoms with Gasteiger partial charge in [0, 0.05) is 17.2 Å². The maximum Gasteiger partial charge on any atom is 0.414 e. The molecule has 0 radical (unpaired) electrons. The average Bonchev–Trinajstić information content (AvgIpc) is 3.35. The van der Waals surface area contributed by atoms with Gasteiger partial charge in [-0.15, -0.1) is 0 Å². The maximum absolute atomic E-state index is 13.2. The number of carbonyl (C=O) groups excluding carboxylic acids is 2. The summed E-state index contributed by atoms with van der Waals surface area (Å²) in [6.07, 6.45) is 4.87. The Bertz CT molecular complexity index is 1130. The van der Waals surface area contributed by atoms with Crippen LogP contribution < -0.4 is 4.90 Å². The smallest absolute Gasteiger partial charge is 0.414 e. The van der Waals surface area contributed by atoms with Crippen LogP contribution in [0.5, 0.6) is 0 Å². The lowest BCUT2D eigenvalue weighted by atomic mass is 9.72. The molecule has 7 nitrogen and oxygen atoms in total. The summed E-state index contributed by atoms with van der Waals surface area (Å²) in [4.78, 5) is 40.6. The van der Waals surface area contributed by atoms with Crippen molar-refractivity contribution in [3.8, 4) is 0 Å². The number of carboxylic acid groups (broad SMARTS) is 1. The first kappa shape index (κ1) is 21.5. The number of fused-ring (bicyclic) bond motifs is 2. The number of carbonyl (C=O) groups is 3. The molecule has 1 aromatic carbocycles. The molecule has 0 saturated carbocycles. The second kappa shape index (κ2) is 7.61. The van der Waals surface area contributed by atoms with Gasteiger partial charge in [-0.2, -0.15) is 0 Å². The highest BCUT2D eigenvalue weighted by Crippen LogP contribution is 2.55. The summed E-state index contributed by atoms with van der Waals surface area (Å²) in [6.45, 7) is 6.01. The predicted molar refractivity (Wildman–Crippen MR) is 122 cm³/mol. The van der Waals surface area contributed by atoms with Crippen LogP contribution in [0.25, 0.3) is 0 Å². The van der Waals surface area contributed by atoms with Crippen molar-refractivity contribution >= 4 is 23.6 Å². The van der Waals surface area contributed by atoms with Gasteiger partial charge in [-0.3, -0.25) is 14.5 Å². The molecule has 3 unspecified atom stereocenters. The molecule has 0 aromatic heterocycles. The van der Waals surface area contributed by atoms with Gasteiger partial charge in [0.05, 0.1) is 17.9 Å². The van der Waals surface area contributed by atoms with Crippen molar-refractivity contribution in [2.45, 2.75) is 58.7 Å². The normalized spacial score (nSPS) is 29.5. The molecule has 0 spiro atoms. The molecule has 1 saturated heterocycles. The summed E-state index contributed by atoms with van der Waals surface area (Å²) in [5, 5.41) is 9.90. The lowest BCUT2D eigenvalue weighted by molar-refractivity contribution is -0.124. The summed E-state index contributed by atoms with van der Waals surface area (Å²) in [7, 11) is 0. The highest BCUT2D eigenvalue weighted by atomic mass is 16.5. The first-order valence-corrected chi connectivity index (χ1v) is 11.4. The number of hydrogen-bond donors (Lipinski definition) is 1. The molecule has 2 heterocycles. The zero-order chi connectivity index (χ0) is 23.5. The number of amides is 3. The molecule has 172 valence electrons. The van der Waals surface area contributed by atoms with Crippen molar-refractivity contribution in [1.29, 1.82) is 0 Å². The molecule has 1 fully saturated rings. The standard InChI is InChI=1S/C26H28N2O5/c1-15-12-20(27(23(15)29)17-9-5-4-6-10-17)33-14-19-18-13-16-8-7-11-26(2,3)21(16)22(18)28(24(19)30)25(31)32/h4-6,9-10,12,14,18,20,22H,7-8,11,13H2,1-3H3,(H,31,32)/b19-14+. The van der Waals surface area contributed by atoms with Crippen molar-refractivity contribution in [2.24, 2.45) is 11.3 Å². The van der Waals surface area contributed by atoms with Crippen molar-refractivity contribution in [3.63, 3.8) is 0 Å². The van der Waals surface area contributed by atoms with Gasteiger partial charge >= 0.3 is 6.09 Å². The lowest BCUT2D eigenvalue weighted by Gasteiger charge is -2.37. The van der Waals surface area contributed by atoms with Crippen LogP contribution in [0.4, 0.5) is 10.5 Å². The van der Waals surface area contributed by atoms with Crippen LogP contribution in [0.2, 0.25) is 0 Å². The molecule has 0 bridgehead atoms. The van der Waals surface area contributed by atoms with E-state index in [-0.39, 0.29) is 17.2 Å². The van der Waals surface area contributed by atoms with Crippen LogP contribution in [0.1, 0.15) is 46.5 Å². The Hall–Kier alpha value is -3.35. The largest absolute Gasteiger partial charge is 0.474 e. The van der Waals surface area contributed by atoms with Crippen LogP contribution in [-0.2, 0) is 14.3 Å². The summed E-state index contributed by atoms with van der Waals surface area (Å²) in [6, 6.07) is 8.75. The van der Waals surface area contributed by atoms with Crippen LogP contribution in [0.15, 0.2) is 65.0 Å². The molecule has 1 N–H and O–H groups in total. The van der Waals surface area contributed by atoms with Gasteiger partial charge in [0.2, 0.25) is 0 Å². The molecule has 2 aliphatic heterocycles. The number of para-hydroxylation sites is 1. The van der Waals surface area contributed by atoms with E-state index in [9.17, 15) is 19.5 Å². The Balaban J connectivity index is 1.47. The second-order valence-electron chi connectivity index (χ2n) is 9.93. The van der Waals surface area contributed by atoms with E-state index in [2.05, 4.69) is 13.8 Å².